The van der Waals surface area contributed by atoms with E-state index in [1.807, 2.05) is 17.7 Å². The molecule has 2 heteroatoms. The van der Waals surface area contributed by atoms with E-state index in [2.05, 4.69) is 49.4 Å². The first-order valence-electron chi connectivity index (χ1n) is 5.98. The molecule has 0 unspecified atom stereocenters. The third-order valence-corrected chi connectivity index (χ3v) is 3.78. The summed E-state index contributed by atoms with van der Waals surface area (Å²) in [6.45, 7) is 2.10. The van der Waals surface area contributed by atoms with Gasteiger partial charge >= 0.3 is 0 Å². The second-order valence-corrected chi connectivity index (χ2v) is 4.97. The van der Waals surface area contributed by atoms with E-state index < -0.39 is 0 Å². The Morgan fingerprint density at radius 2 is 1.78 bits per heavy atom. The van der Waals surface area contributed by atoms with Crippen LogP contribution in [0, 0.1) is 6.92 Å². The van der Waals surface area contributed by atoms with Crippen LogP contribution in [0.25, 0.3) is 22.0 Å². The van der Waals surface area contributed by atoms with Crippen LogP contribution in [-0.2, 0) is 7.05 Å². The van der Waals surface area contributed by atoms with Crippen LogP contribution < -0.4 is 0 Å². The molecule has 0 radical (unpaired) electrons. The summed E-state index contributed by atoms with van der Waals surface area (Å²) in [4.78, 5) is 0. The number of hydrogen-bond donors (Lipinski definition) is 0. The average molecular weight is 256 g/mol. The first-order valence-corrected chi connectivity index (χ1v) is 6.36. The van der Waals surface area contributed by atoms with Gasteiger partial charge in [0.1, 0.15) is 5.15 Å². The Balaban J connectivity index is 2.39. The molecule has 0 bridgehead atoms. The molecule has 1 nitrogen and oxygen atoms in total. The Morgan fingerprint density at radius 3 is 2.56 bits per heavy atom. The Hall–Kier alpha value is -1.73. The maximum atomic E-state index is 6.49. The molecule has 0 saturated heterocycles. The molecule has 0 aliphatic heterocycles. The van der Waals surface area contributed by atoms with Gasteiger partial charge in [0.05, 0.1) is 0 Å². The summed E-state index contributed by atoms with van der Waals surface area (Å²) in [6.07, 6.45) is 0. The van der Waals surface area contributed by atoms with Crippen LogP contribution in [0.5, 0.6) is 0 Å². The molecule has 0 atom stereocenters. The standard InChI is InChI=1S/C16H14ClN/c1-11-6-5-7-12(10-11)15-13-8-3-4-9-14(13)18(2)16(15)17/h3-10H,1-2H3. The molecule has 0 spiro atoms. The van der Waals surface area contributed by atoms with Gasteiger partial charge in [-0.1, -0.05) is 59.6 Å². The summed E-state index contributed by atoms with van der Waals surface area (Å²) in [5.74, 6) is 0. The van der Waals surface area contributed by atoms with Gasteiger partial charge in [0.2, 0.25) is 0 Å². The van der Waals surface area contributed by atoms with Crippen molar-refractivity contribution in [2.75, 3.05) is 0 Å². The number of aryl methyl sites for hydroxylation is 2. The van der Waals surface area contributed by atoms with Crippen LogP contribution in [0.1, 0.15) is 5.56 Å². The number of nitrogens with zero attached hydrogens (tertiary/aromatic N) is 1. The van der Waals surface area contributed by atoms with E-state index in [0.29, 0.717) is 0 Å². The zero-order valence-corrected chi connectivity index (χ0v) is 11.2. The summed E-state index contributed by atoms with van der Waals surface area (Å²) in [5, 5.41) is 2.00. The molecule has 0 aliphatic rings. The van der Waals surface area contributed by atoms with E-state index in [1.54, 1.807) is 0 Å². The molecular weight excluding hydrogens is 242 g/mol. The fourth-order valence-corrected chi connectivity index (χ4v) is 2.74. The molecule has 0 aliphatic carbocycles. The summed E-state index contributed by atoms with van der Waals surface area (Å²) in [7, 11) is 2.00. The second kappa shape index (κ2) is 4.18. The molecular formula is C16H14ClN. The molecule has 90 valence electrons. The van der Waals surface area contributed by atoms with Crippen molar-refractivity contribution in [2.24, 2.45) is 7.05 Å². The Kier molecular flexibility index (Phi) is 2.64. The van der Waals surface area contributed by atoms with Crippen molar-refractivity contribution in [3.05, 3.63) is 59.2 Å². The number of hydrogen-bond acceptors (Lipinski definition) is 0. The molecule has 1 aromatic heterocycles. The second-order valence-electron chi connectivity index (χ2n) is 4.61. The first-order chi connectivity index (χ1) is 8.68. The molecule has 0 amide bonds. The molecule has 0 saturated carbocycles. The van der Waals surface area contributed by atoms with E-state index in [4.69, 9.17) is 11.6 Å². The van der Waals surface area contributed by atoms with Crippen LogP contribution in [0.3, 0.4) is 0 Å². The number of aromatic nitrogens is 1. The van der Waals surface area contributed by atoms with Crippen LogP contribution in [0.15, 0.2) is 48.5 Å². The lowest BCUT2D eigenvalue weighted by Gasteiger charge is -2.02. The molecule has 2 aromatic carbocycles. The predicted octanol–water partition coefficient (Wildman–Crippen LogP) is 4.81. The molecule has 1 heterocycles. The van der Waals surface area contributed by atoms with Gasteiger partial charge < -0.3 is 4.57 Å². The van der Waals surface area contributed by atoms with Crippen LogP contribution in [-0.4, -0.2) is 4.57 Å². The zero-order valence-electron chi connectivity index (χ0n) is 10.4. The maximum absolute atomic E-state index is 6.49. The number of halogens is 1. The van der Waals surface area contributed by atoms with Gasteiger partial charge in [-0.3, -0.25) is 0 Å². The molecule has 3 rings (SSSR count). The van der Waals surface area contributed by atoms with E-state index in [9.17, 15) is 0 Å². The minimum Gasteiger partial charge on any atom is -0.334 e. The smallest absolute Gasteiger partial charge is 0.117 e. The van der Waals surface area contributed by atoms with Gasteiger partial charge in [-0.2, -0.15) is 0 Å². The molecule has 3 aromatic rings. The van der Waals surface area contributed by atoms with Crippen molar-refractivity contribution < 1.29 is 0 Å². The number of rotatable bonds is 1. The largest absolute Gasteiger partial charge is 0.334 e. The van der Waals surface area contributed by atoms with Crippen molar-refractivity contribution in [1.82, 2.24) is 4.57 Å². The van der Waals surface area contributed by atoms with Gasteiger partial charge in [-0.15, -0.1) is 0 Å². The van der Waals surface area contributed by atoms with Gasteiger partial charge in [0, 0.05) is 23.5 Å². The maximum Gasteiger partial charge on any atom is 0.117 e. The van der Waals surface area contributed by atoms with Gasteiger partial charge in [0.25, 0.3) is 0 Å². The highest BCUT2D eigenvalue weighted by atomic mass is 35.5. The summed E-state index contributed by atoms with van der Waals surface area (Å²) < 4.78 is 2.04. The SMILES string of the molecule is Cc1cccc(-c2c(Cl)n(C)c3ccccc23)c1. The molecule has 18 heavy (non-hydrogen) atoms. The summed E-state index contributed by atoms with van der Waals surface area (Å²) in [5.41, 5.74) is 4.71. The highest BCUT2D eigenvalue weighted by Gasteiger charge is 2.14. The lowest BCUT2D eigenvalue weighted by atomic mass is 10.0. The van der Waals surface area contributed by atoms with Gasteiger partial charge in [-0.25, -0.2) is 0 Å². The Bertz CT molecular complexity index is 725. The number of benzene rings is 2. The summed E-state index contributed by atoms with van der Waals surface area (Å²) >= 11 is 6.49. The van der Waals surface area contributed by atoms with Crippen molar-refractivity contribution >= 4 is 22.5 Å². The van der Waals surface area contributed by atoms with Crippen molar-refractivity contribution in [3.8, 4) is 11.1 Å². The lowest BCUT2D eigenvalue weighted by Crippen LogP contribution is -1.86. The van der Waals surface area contributed by atoms with Crippen molar-refractivity contribution in [2.45, 2.75) is 6.92 Å². The van der Waals surface area contributed by atoms with Crippen molar-refractivity contribution in [3.63, 3.8) is 0 Å². The van der Waals surface area contributed by atoms with E-state index in [1.165, 1.54) is 22.0 Å². The number of para-hydroxylation sites is 1. The summed E-state index contributed by atoms with van der Waals surface area (Å²) in [6, 6.07) is 16.8. The van der Waals surface area contributed by atoms with E-state index in [0.717, 1.165) is 10.7 Å². The Labute approximate surface area is 112 Å². The Morgan fingerprint density at radius 1 is 1.00 bits per heavy atom. The fourth-order valence-electron chi connectivity index (χ4n) is 2.44. The van der Waals surface area contributed by atoms with E-state index in [-0.39, 0.29) is 0 Å². The zero-order chi connectivity index (χ0) is 12.7. The highest BCUT2D eigenvalue weighted by Crippen LogP contribution is 2.37. The van der Waals surface area contributed by atoms with Crippen LogP contribution in [0.2, 0.25) is 5.15 Å². The fraction of sp³-hybridized carbons (Fsp3) is 0.125. The van der Waals surface area contributed by atoms with Crippen molar-refractivity contribution in [1.29, 1.82) is 0 Å². The van der Waals surface area contributed by atoms with E-state index >= 15 is 0 Å². The van der Waals surface area contributed by atoms with Gasteiger partial charge in [-0.05, 0) is 18.6 Å². The normalized spacial score (nSPS) is 11.1. The third kappa shape index (κ3) is 1.63. The van der Waals surface area contributed by atoms with Crippen LogP contribution in [0.4, 0.5) is 0 Å². The quantitative estimate of drug-likeness (QED) is 0.588. The third-order valence-electron chi connectivity index (χ3n) is 3.34. The highest BCUT2D eigenvalue weighted by molar-refractivity contribution is 6.34. The van der Waals surface area contributed by atoms with Gasteiger partial charge in [0.15, 0.2) is 0 Å². The molecule has 0 fully saturated rings. The van der Waals surface area contributed by atoms with Crippen LogP contribution >= 0.6 is 11.6 Å². The lowest BCUT2D eigenvalue weighted by molar-refractivity contribution is 0.971. The minimum atomic E-state index is 0.793. The molecule has 0 N–H and O–H groups in total. The monoisotopic (exact) mass is 255 g/mol. The first kappa shape index (κ1) is 11.4. The predicted molar refractivity (Wildman–Crippen MR) is 78.1 cm³/mol. The average Bonchev–Trinajstić information content (AvgIpc) is 2.63. The minimum absolute atomic E-state index is 0.793. The topological polar surface area (TPSA) is 4.93 Å². The number of fused-ring (bicyclic) bond motifs is 1.